The number of nitrogens with one attached hydrogen (secondary N) is 1. The molecule has 8 heteroatoms. The molecule has 7 nitrogen and oxygen atoms in total. The minimum absolute atomic E-state index is 0.304. The molecule has 3 aromatic rings. The van der Waals surface area contributed by atoms with Gasteiger partial charge in [-0.2, -0.15) is 0 Å². The maximum Gasteiger partial charge on any atom is 0.264 e. The molecule has 1 atom stereocenters. The molecule has 1 unspecified atom stereocenters. The molecule has 0 radical (unpaired) electrons. The second kappa shape index (κ2) is 11.1. The Morgan fingerprint density at radius 1 is 0.944 bits per heavy atom. The first-order chi connectivity index (χ1) is 17.2. The van der Waals surface area contributed by atoms with Crippen molar-refractivity contribution >= 4 is 21.6 Å². The maximum atomic E-state index is 12.0. The minimum Gasteiger partial charge on any atom is -0.494 e. The van der Waals surface area contributed by atoms with Crippen LogP contribution in [0.2, 0.25) is 0 Å². The van der Waals surface area contributed by atoms with Crippen molar-refractivity contribution in [1.82, 2.24) is 9.62 Å². The highest BCUT2D eigenvalue weighted by Crippen LogP contribution is 2.28. The Morgan fingerprint density at radius 2 is 1.61 bits per heavy atom. The molecule has 0 spiro atoms. The molecule has 190 valence electrons. The number of carbonyl (C=O) groups excluding carboxylic acids is 1. The van der Waals surface area contributed by atoms with Crippen LogP contribution in [-0.4, -0.2) is 58.3 Å². The Labute approximate surface area is 213 Å². The van der Waals surface area contributed by atoms with E-state index in [4.69, 9.17) is 4.74 Å². The Hall–Kier alpha value is -3.36. The monoisotopic (exact) mass is 507 g/mol. The first-order valence-corrected chi connectivity index (χ1v) is 14.1. The smallest absolute Gasteiger partial charge is 0.264 e. The van der Waals surface area contributed by atoms with Gasteiger partial charge in [-0.3, -0.25) is 9.69 Å². The topological polar surface area (TPSA) is 79.0 Å². The number of rotatable bonds is 8. The lowest BCUT2D eigenvalue weighted by atomic mass is 10.00. The number of hydrogen-bond acceptors (Lipinski definition) is 6. The van der Waals surface area contributed by atoms with Crippen LogP contribution in [-0.2, 0) is 10.0 Å². The van der Waals surface area contributed by atoms with Crippen LogP contribution < -0.4 is 14.4 Å². The molecule has 36 heavy (non-hydrogen) atoms. The molecule has 0 saturated carbocycles. The molecular weight excluding hydrogens is 474 g/mol. The zero-order valence-electron chi connectivity index (χ0n) is 21.0. The Kier molecular flexibility index (Phi) is 7.96. The van der Waals surface area contributed by atoms with Gasteiger partial charge in [-0.15, -0.1) is 0 Å². The fourth-order valence-electron chi connectivity index (χ4n) is 4.52. The van der Waals surface area contributed by atoms with Crippen molar-refractivity contribution in [3.05, 3.63) is 83.9 Å². The number of benzene rings is 3. The summed E-state index contributed by atoms with van der Waals surface area (Å²) < 4.78 is 30.2. The zero-order chi connectivity index (χ0) is 25.7. The van der Waals surface area contributed by atoms with Gasteiger partial charge in [0.15, 0.2) is 0 Å². The van der Waals surface area contributed by atoms with Gasteiger partial charge in [-0.05, 0) is 66.9 Å². The van der Waals surface area contributed by atoms with Gasteiger partial charge >= 0.3 is 0 Å². The summed E-state index contributed by atoms with van der Waals surface area (Å²) in [5.41, 5.74) is 4.95. The molecule has 3 aromatic carbocycles. The van der Waals surface area contributed by atoms with Crippen molar-refractivity contribution in [3.8, 4) is 16.9 Å². The van der Waals surface area contributed by atoms with Crippen LogP contribution in [0.3, 0.4) is 0 Å². The summed E-state index contributed by atoms with van der Waals surface area (Å²) >= 11 is 0. The summed E-state index contributed by atoms with van der Waals surface area (Å²) in [6, 6.07) is 24.3. The number of nitrogens with zero attached hydrogens (tertiary/aromatic N) is 2. The molecule has 0 aromatic heterocycles. The van der Waals surface area contributed by atoms with Gasteiger partial charge in [0.25, 0.3) is 5.91 Å². The first kappa shape index (κ1) is 25.7. The van der Waals surface area contributed by atoms with Gasteiger partial charge in [0.2, 0.25) is 10.0 Å². The lowest BCUT2D eigenvalue weighted by molar-refractivity contribution is 0.0981. The normalized spacial score (nSPS) is 15.4. The minimum atomic E-state index is -3.58. The van der Waals surface area contributed by atoms with Gasteiger partial charge in [-0.1, -0.05) is 36.4 Å². The summed E-state index contributed by atoms with van der Waals surface area (Å²) in [7, 11) is -3.58. The van der Waals surface area contributed by atoms with E-state index in [0.29, 0.717) is 18.2 Å². The van der Waals surface area contributed by atoms with E-state index < -0.39 is 15.9 Å². The molecule has 1 heterocycles. The Bertz CT molecular complexity index is 1280. The lowest BCUT2D eigenvalue weighted by Crippen LogP contribution is -2.47. The van der Waals surface area contributed by atoms with Crippen LogP contribution in [0.25, 0.3) is 11.1 Å². The summed E-state index contributed by atoms with van der Waals surface area (Å²) in [5, 5.41) is 0. The van der Waals surface area contributed by atoms with E-state index in [1.165, 1.54) is 11.1 Å². The average Bonchev–Trinajstić information content (AvgIpc) is 2.88. The third-order valence-electron chi connectivity index (χ3n) is 6.51. The van der Waals surface area contributed by atoms with E-state index in [0.717, 1.165) is 49.4 Å². The van der Waals surface area contributed by atoms with E-state index in [-0.39, 0.29) is 0 Å². The van der Waals surface area contributed by atoms with Crippen molar-refractivity contribution in [1.29, 1.82) is 0 Å². The number of carbonyl (C=O) groups is 1. The largest absolute Gasteiger partial charge is 0.494 e. The van der Waals surface area contributed by atoms with Crippen LogP contribution in [0.1, 0.15) is 35.8 Å². The molecule has 4 rings (SSSR count). The molecule has 1 aliphatic rings. The molecule has 1 fully saturated rings. The van der Waals surface area contributed by atoms with Crippen molar-refractivity contribution in [3.63, 3.8) is 0 Å². The number of anilines is 1. The van der Waals surface area contributed by atoms with E-state index in [2.05, 4.69) is 53.1 Å². The predicted octanol–water partition coefficient (Wildman–Crippen LogP) is 4.32. The van der Waals surface area contributed by atoms with Crippen molar-refractivity contribution in [2.24, 2.45) is 0 Å². The van der Waals surface area contributed by atoms with E-state index in [9.17, 15) is 13.2 Å². The fourth-order valence-corrected chi connectivity index (χ4v) is 4.97. The molecule has 1 saturated heterocycles. The molecule has 1 aliphatic heterocycles. The summed E-state index contributed by atoms with van der Waals surface area (Å²) in [6.07, 6.45) is 0.968. The quantitative estimate of drug-likeness (QED) is 0.489. The fraction of sp³-hybridized carbons (Fsp3) is 0.321. The van der Waals surface area contributed by atoms with Crippen molar-refractivity contribution in [2.75, 3.05) is 43.9 Å². The third kappa shape index (κ3) is 6.44. The van der Waals surface area contributed by atoms with E-state index in [1.807, 2.05) is 35.9 Å². The van der Waals surface area contributed by atoms with Gasteiger partial charge in [0, 0.05) is 43.5 Å². The van der Waals surface area contributed by atoms with Crippen LogP contribution >= 0.6 is 0 Å². The predicted molar refractivity (Wildman–Crippen MR) is 144 cm³/mol. The van der Waals surface area contributed by atoms with Crippen molar-refractivity contribution in [2.45, 2.75) is 19.9 Å². The highest BCUT2D eigenvalue weighted by atomic mass is 32.2. The zero-order valence-corrected chi connectivity index (χ0v) is 21.8. The standard InChI is InChI=1S/C28H33N3O4S/c1-4-35-27-7-5-6-25(20-27)23-10-8-22(9-11-23)21(2)30-16-18-31(19-17-30)26-14-12-24(13-15-26)28(32)29-36(3,33)34/h5-15,20-21H,4,16-19H2,1-3H3,(H,29,32). The number of sulfonamides is 1. The highest BCUT2D eigenvalue weighted by Gasteiger charge is 2.22. The molecule has 0 aliphatic carbocycles. The van der Waals surface area contributed by atoms with Crippen LogP contribution in [0.4, 0.5) is 5.69 Å². The van der Waals surface area contributed by atoms with E-state index >= 15 is 0 Å². The molecule has 1 N–H and O–H groups in total. The van der Waals surface area contributed by atoms with Crippen LogP contribution in [0.5, 0.6) is 5.75 Å². The van der Waals surface area contributed by atoms with Crippen LogP contribution in [0, 0.1) is 0 Å². The second-order valence-electron chi connectivity index (χ2n) is 9.03. The molecule has 0 bridgehead atoms. The second-order valence-corrected chi connectivity index (χ2v) is 10.8. The maximum absolute atomic E-state index is 12.0. The third-order valence-corrected chi connectivity index (χ3v) is 7.06. The van der Waals surface area contributed by atoms with Gasteiger partial charge in [0.05, 0.1) is 12.9 Å². The summed E-state index contributed by atoms with van der Waals surface area (Å²) in [6.45, 7) is 8.49. The average molecular weight is 508 g/mol. The number of hydrogen-bond donors (Lipinski definition) is 1. The highest BCUT2D eigenvalue weighted by molar-refractivity contribution is 7.89. The lowest BCUT2D eigenvalue weighted by Gasteiger charge is -2.39. The SMILES string of the molecule is CCOc1cccc(-c2ccc(C(C)N3CCN(c4ccc(C(=O)NS(C)(=O)=O)cc4)CC3)cc2)c1. The number of amides is 1. The Balaban J connectivity index is 1.34. The number of piperazine rings is 1. The van der Waals surface area contributed by atoms with E-state index in [1.54, 1.807) is 12.1 Å². The van der Waals surface area contributed by atoms with Crippen molar-refractivity contribution < 1.29 is 17.9 Å². The molecule has 1 amide bonds. The van der Waals surface area contributed by atoms with Gasteiger partial charge in [-0.25, -0.2) is 13.1 Å². The summed E-state index contributed by atoms with van der Waals surface area (Å²) in [5.74, 6) is 0.271. The van der Waals surface area contributed by atoms with Gasteiger partial charge in [0.1, 0.15) is 5.75 Å². The van der Waals surface area contributed by atoms with Gasteiger partial charge < -0.3 is 9.64 Å². The molecular formula is C28H33N3O4S. The van der Waals surface area contributed by atoms with Crippen LogP contribution in [0.15, 0.2) is 72.8 Å². The Morgan fingerprint density at radius 3 is 2.22 bits per heavy atom. The first-order valence-electron chi connectivity index (χ1n) is 12.2. The summed E-state index contributed by atoms with van der Waals surface area (Å²) in [4.78, 5) is 16.8. The number of ether oxygens (including phenoxy) is 1.